The molecule has 0 aliphatic rings. The Hall–Kier alpha value is -2.08. The van der Waals surface area contributed by atoms with Crippen molar-refractivity contribution in [2.45, 2.75) is 12.5 Å². The molecule has 1 aromatic rings. The number of rotatable bonds is 4. The van der Waals surface area contributed by atoms with E-state index in [2.05, 4.69) is 10.6 Å². The summed E-state index contributed by atoms with van der Waals surface area (Å²) < 4.78 is 0. The maximum atomic E-state index is 11.0. The summed E-state index contributed by atoms with van der Waals surface area (Å²) in [6, 6.07) is 5.63. The third-order valence-electron chi connectivity index (χ3n) is 2.21. The molecule has 0 saturated carbocycles. The monoisotopic (exact) mass is 237 g/mol. The molecule has 1 rings (SSSR count). The van der Waals surface area contributed by atoms with Gasteiger partial charge in [0.25, 0.3) is 0 Å². The number of carboxylic acid groups (broad SMARTS) is 1. The van der Waals surface area contributed by atoms with Crippen molar-refractivity contribution in [2.75, 3.05) is 12.4 Å². The predicted molar refractivity (Wildman–Crippen MR) is 63.8 cm³/mol. The molecule has 0 aliphatic heterocycles. The highest BCUT2D eigenvalue weighted by Crippen LogP contribution is 2.10. The van der Waals surface area contributed by atoms with E-state index in [-0.39, 0.29) is 12.5 Å². The standard InChI is InChI=1S/C11H15N3O3/c1-13-11(17)14-8-4-2-7(3-5-8)6-9(12)10(15)16/h2-5,9H,6,12H2,1H3,(H,15,16)(H2,13,14,17)/t9-/m0/s1. The van der Waals surface area contributed by atoms with Gasteiger partial charge in [0, 0.05) is 12.7 Å². The Balaban J connectivity index is 2.62. The number of nitrogens with one attached hydrogen (secondary N) is 2. The van der Waals surface area contributed by atoms with Gasteiger partial charge in [-0.05, 0) is 24.1 Å². The molecule has 17 heavy (non-hydrogen) atoms. The minimum Gasteiger partial charge on any atom is -0.480 e. The van der Waals surface area contributed by atoms with Crippen LogP contribution in [0.25, 0.3) is 0 Å². The summed E-state index contributed by atoms with van der Waals surface area (Å²) in [6.07, 6.45) is 0.260. The van der Waals surface area contributed by atoms with Gasteiger partial charge in [0.15, 0.2) is 0 Å². The van der Waals surface area contributed by atoms with Gasteiger partial charge in [-0.25, -0.2) is 4.79 Å². The summed E-state index contributed by atoms with van der Waals surface area (Å²) in [5, 5.41) is 13.7. The number of carbonyl (C=O) groups is 2. The van der Waals surface area contributed by atoms with Crippen molar-refractivity contribution >= 4 is 17.7 Å². The Bertz CT molecular complexity index is 403. The SMILES string of the molecule is CNC(=O)Nc1ccc(C[C@H](N)C(=O)O)cc1. The van der Waals surface area contributed by atoms with E-state index in [1.807, 2.05) is 0 Å². The first kappa shape index (κ1) is 13.0. The highest BCUT2D eigenvalue weighted by atomic mass is 16.4. The maximum absolute atomic E-state index is 11.0. The Morgan fingerprint density at radius 2 is 1.94 bits per heavy atom. The molecule has 0 aliphatic carbocycles. The lowest BCUT2D eigenvalue weighted by atomic mass is 10.1. The Labute approximate surface area is 98.8 Å². The number of amides is 2. The largest absolute Gasteiger partial charge is 0.480 e. The van der Waals surface area contributed by atoms with Gasteiger partial charge in [-0.2, -0.15) is 0 Å². The fraction of sp³-hybridized carbons (Fsp3) is 0.273. The minimum atomic E-state index is -1.03. The molecule has 0 unspecified atom stereocenters. The molecule has 1 aromatic carbocycles. The topological polar surface area (TPSA) is 104 Å². The van der Waals surface area contributed by atoms with E-state index < -0.39 is 12.0 Å². The van der Waals surface area contributed by atoms with Gasteiger partial charge in [0.2, 0.25) is 0 Å². The van der Waals surface area contributed by atoms with Gasteiger partial charge in [0.05, 0.1) is 0 Å². The van der Waals surface area contributed by atoms with E-state index in [0.717, 1.165) is 5.56 Å². The molecule has 0 fully saturated rings. The van der Waals surface area contributed by atoms with Crippen LogP contribution >= 0.6 is 0 Å². The molecule has 5 N–H and O–H groups in total. The first-order chi connectivity index (χ1) is 8.02. The predicted octanol–water partition coefficient (Wildman–Crippen LogP) is 0.392. The van der Waals surface area contributed by atoms with Crippen molar-refractivity contribution < 1.29 is 14.7 Å². The summed E-state index contributed by atoms with van der Waals surface area (Å²) in [5.74, 6) is -1.03. The van der Waals surface area contributed by atoms with E-state index >= 15 is 0 Å². The molecule has 0 radical (unpaired) electrons. The third-order valence-corrected chi connectivity index (χ3v) is 2.21. The van der Waals surface area contributed by atoms with Gasteiger partial charge in [-0.3, -0.25) is 4.79 Å². The molecule has 1 atom stereocenters. The second-order valence-corrected chi connectivity index (χ2v) is 3.55. The molecule has 6 nitrogen and oxygen atoms in total. The lowest BCUT2D eigenvalue weighted by molar-refractivity contribution is -0.138. The first-order valence-corrected chi connectivity index (χ1v) is 5.09. The van der Waals surface area contributed by atoms with Crippen LogP contribution in [0, 0.1) is 0 Å². The van der Waals surface area contributed by atoms with E-state index in [1.165, 1.54) is 7.05 Å². The van der Waals surface area contributed by atoms with Gasteiger partial charge >= 0.3 is 12.0 Å². The molecule has 0 heterocycles. The molecule has 0 aromatic heterocycles. The number of hydrogen-bond donors (Lipinski definition) is 4. The number of hydrogen-bond acceptors (Lipinski definition) is 3. The van der Waals surface area contributed by atoms with Crippen molar-refractivity contribution in [1.82, 2.24) is 5.32 Å². The number of carbonyl (C=O) groups excluding carboxylic acids is 1. The van der Waals surface area contributed by atoms with E-state index in [9.17, 15) is 9.59 Å². The van der Waals surface area contributed by atoms with Crippen LogP contribution in [-0.4, -0.2) is 30.2 Å². The Morgan fingerprint density at radius 3 is 2.41 bits per heavy atom. The highest BCUT2D eigenvalue weighted by Gasteiger charge is 2.11. The van der Waals surface area contributed by atoms with Crippen molar-refractivity contribution in [3.8, 4) is 0 Å². The van der Waals surface area contributed by atoms with Crippen molar-refractivity contribution in [3.05, 3.63) is 29.8 Å². The van der Waals surface area contributed by atoms with Crippen molar-refractivity contribution in [2.24, 2.45) is 5.73 Å². The van der Waals surface area contributed by atoms with Gasteiger partial charge < -0.3 is 21.5 Å². The van der Waals surface area contributed by atoms with E-state index in [0.29, 0.717) is 5.69 Å². The zero-order valence-electron chi connectivity index (χ0n) is 9.43. The fourth-order valence-electron chi connectivity index (χ4n) is 1.26. The zero-order valence-corrected chi connectivity index (χ0v) is 9.43. The van der Waals surface area contributed by atoms with Crippen LogP contribution in [0.4, 0.5) is 10.5 Å². The molecule has 6 heteroatoms. The molecule has 0 saturated heterocycles. The van der Waals surface area contributed by atoms with Crippen molar-refractivity contribution in [1.29, 1.82) is 0 Å². The van der Waals surface area contributed by atoms with Gasteiger partial charge in [-0.1, -0.05) is 12.1 Å². The third kappa shape index (κ3) is 4.12. The molecule has 0 bridgehead atoms. The van der Waals surface area contributed by atoms with Crippen LogP contribution in [0.5, 0.6) is 0 Å². The number of aliphatic carboxylic acids is 1. The van der Waals surface area contributed by atoms with Crippen LogP contribution in [0.3, 0.4) is 0 Å². The Morgan fingerprint density at radius 1 is 1.35 bits per heavy atom. The van der Waals surface area contributed by atoms with Gasteiger partial charge in [-0.15, -0.1) is 0 Å². The average Bonchev–Trinajstić information content (AvgIpc) is 2.31. The molecular formula is C11H15N3O3. The minimum absolute atomic E-state index is 0.260. The van der Waals surface area contributed by atoms with Crippen LogP contribution in [0.1, 0.15) is 5.56 Å². The normalized spacial score (nSPS) is 11.6. The summed E-state index contributed by atoms with van der Waals surface area (Å²) >= 11 is 0. The van der Waals surface area contributed by atoms with E-state index in [4.69, 9.17) is 10.8 Å². The zero-order chi connectivity index (χ0) is 12.8. The fourth-order valence-corrected chi connectivity index (χ4v) is 1.26. The number of benzene rings is 1. The van der Waals surface area contributed by atoms with Crippen LogP contribution in [0.15, 0.2) is 24.3 Å². The van der Waals surface area contributed by atoms with E-state index in [1.54, 1.807) is 24.3 Å². The summed E-state index contributed by atoms with van der Waals surface area (Å²) in [4.78, 5) is 21.6. The number of anilines is 1. The molecule has 92 valence electrons. The quantitative estimate of drug-likeness (QED) is 0.608. The van der Waals surface area contributed by atoms with Crippen LogP contribution in [-0.2, 0) is 11.2 Å². The highest BCUT2D eigenvalue weighted by molar-refractivity contribution is 5.88. The molecular weight excluding hydrogens is 222 g/mol. The molecule has 0 spiro atoms. The average molecular weight is 237 g/mol. The molecule has 2 amide bonds. The summed E-state index contributed by atoms with van der Waals surface area (Å²) in [6.45, 7) is 0. The van der Waals surface area contributed by atoms with Crippen molar-refractivity contribution in [3.63, 3.8) is 0 Å². The van der Waals surface area contributed by atoms with Gasteiger partial charge in [0.1, 0.15) is 6.04 Å². The maximum Gasteiger partial charge on any atom is 0.320 e. The number of carboxylic acids is 1. The number of urea groups is 1. The number of nitrogens with two attached hydrogens (primary N) is 1. The second kappa shape index (κ2) is 5.86. The summed E-state index contributed by atoms with van der Waals surface area (Å²) in [7, 11) is 1.52. The Kier molecular flexibility index (Phi) is 4.47. The van der Waals surface area contributed by atoms with Crippen LogP contribution < -0.4 is 16.4 Å². The lowest BCUT2D eigenvalue weighted by Crippen LogP contribution is -2.32. The smallest absolute Gasteiger partial charge is 0.320 e. The first-order valence-electron chi connectivity index (χ1n) is 5.09. The lowest BCUT2D eigenvalue weighted by Gasteiger charge is -2.08. The summed E-state index contributed by atoms with van der Waals surface area (Å²) in [5.41, 5.74) is 6.85. The second-order valence-electron chi connectivity index (χ2n) is 3.55. The van der Waals surface area contributed by atoms with Crippen LogP contribution in [0.2, 0.25) is 0 Å².